The molecule has 0 saturated heterocycles. The normalized spacial score (nSPS) is 12.6. The van der Waals surface area contributed by atoms with Gasteiger partial charge in [-0.15, -0.1) is 0 Å². The van der Waals surface area contributed by atoms with Crippen LogP contribution in [-0.2, 0) is 42.6 Å². The molecule has 2 aromatic rings. The lowest BCUT2D eigenvalue weighted by molar-refractivity contribution is -0.0255. The smallest absolute Gasteiger partial charge is 0.261 e. The number of hydrogen-bond acceptors (Lipinski definition) is 13. The average Bonchev–Trinajstić information content (AvgIpc) is 3.34. The third-order valence-corrected chi connectivity index (χ3v) is 6.69. The minimum absolute atomic E-state index is 0.213. The lowest BCUT2D eigenvalue weighted by Gasteiger charge is -2.13. The van der Waals surface area contributed by atoms with Gasteiger partial charge < -0.3 is 53.1 Å². The second kappa shape index (κ2) is 25.8. The number of nitrogen functional groups attached to an aromatic ring is 1. The average molecular weight is 679 g/mol. The molecule has 0 spiro atoms. The zero-order valence-corrected chi connectivity index (χ0v) is 27.7. The molecule has 1 aliphatic rings. The van der Waals surface area contributed by atoms with Crippen molar-refractivity contribution in [2.45, 2.75) is 0 Å². The molecule has 2 aromatic carbocycles. The zero-order chi connectivity index (χ0) is 33.9. The minimum atomic E-state index is -0.278. The Morgan fingerprint density at radius 2 is 0.729 bits per heavy atom. The molecular weight excluding hydrogens is 628 g/mol. The maximum absolute atomic E-state index is 12.3. The summed E-state index contributed by atoms with van der Waals surface area (Å²) in [5.74, 6) is 0.208. The molecule has 48 heavy (non-hydrogen) atoms. The first-order valence-electron chi connectivity index (χ1n) is 16.3. The number of carbonyl (C=O) groups excluding carboxylic acids is 2. The number of benzene rings is 2. The molecule has 1 aliphatic heterocycles. The number of amides is 2. The van der Waals surface area contributed by atoms with Crippen LogP contribution in [0.5, 0.6) is 5.75 Å². The summed E-state index contributed by atoms with van der Waals surface area (Å²) < 4.78 is 54.8. The molecule has 2 N–H and O–H groups in total. The molecule has 0 unspecified atom stereocenters. The highest BCUT2D eigenvalue weighted by Crippen LogP contribution is 2.21. The first kappa shape index (κ1) is 39.3. The fourth-order valence-corrected chi connectivity index (χ4v) is 4.24. The summed E-state index contributed by atoms with van der Waals surface area (Å²) in [4.78, 5) is 25.8. The first-order valence-corrected chi connectivity index (χ1v) is 16.3. The van der Waals surface area contributed by atoms with Crippen LogP contribution in [0.4, 0.5) is 5.69 Å². The molecule has 3 rings (SSSR count). The summed E-state index contributed by atoms with van der Waals surface area (Å²) in [5, 5.41) is 0. The van der Waals surface area contributed by atoms with Gasteiger partial charge in [0.05, 0.1) is 137 Å². The lowest BCUT2D eigenvalue weighted by atomic mass is 10.1. The van der Waals surface area contributed by atoms with Gasteiger partial charge in [-0.1, -0.05) is 12.1 Å². The molecule has 0 saturated carbocycles. The standard InChI is InChI=1S/C34H50N2O12/c35-29-5-7-30(8-6-29)48-28-27-47-26-25-46-24-23-45-22-21-44-20-19-43-18-17-42-16-15-41-14-13-40-12-11-39-10-9-36-33(37)31-3-1-2-4-32(31)34(36)38/h1-8H,9-28,35H2. The Balaban J connectivity index is 0.933. The summed E-state index contributed by atoms with van der Waals surface area (Å²) in [6.45, 7) is 8.88. The number of hydrogen-bond donors (Lipinski definition) is 1. The molecule has 0 fully saturated rings. The predicted molar refractivity (Wildman–Crippen MR) is 176 cm³/mol. The summed E-state index contributed by atoms with van der Waals surface area (Å²) in [6, 6.07) is 14.1. The minimum Gasteiger partial charge on any atom is -0.491 e. The third-order valence-electron chi connectivity index (χ3n) is 6.69. The van der Waals surface area contributed by atoms with Gasteiger partial charge in [-0.3, -0.25) is 14.5 Å². The van der Waals surface area contributed by atoms with Crippen molar-refractivity contribution in [2.24, 2.45) is 0 Å². The molecule has 14 nitrogen and oxygen atoms in total. The highest BCUT2D eigenvalue weighted by atomic mass is 16.6. The van der Waals surface area contributed by atoms with E-state index in [1.54, 1.807) is 36.4 Å². The van der Waals surface area contributed by atoms with E-state index in [4.69, 9.17) is 53.1 Å². The topological polar surface area (TPSA) is 156 Å². The predicted octanol–water partition coefficient (Wildman–Crippen LogP) is 2.09. The van der Waals surface area contributed by atoms with Crippen molar-refractivity contribution in [1.82, 2.24) is 4.90 Å². The van der Waals surface area contributed by atoms with E-state index in [-0.39, 0.29) is 25.0 Å². The molecule has 0 bridgehead atoms. The van der Waals surface area contributed by atoms with Crippen LogP contribution in [0.3, 0.4) is 0 Å². The first-order chi connectivity index (χ1) is 23.7. The molecule has 268 valence electrons. The largest absolute Gasteiger partial charge is 0.491 e. The van der Waals surface area contributed by atoms with E-state index in [0.717, 1.165) is 5.75 Å². The van der Waals surface area contributed by atoms with Gasteiger partial charge in [0.25, 0.3) is 11.8 Å². The molecule has 0 aromatic heterocycles. The van der Waals surface area contributed by atoms with Crippen LogP contribution in [0, 0.1) is 0 Å². The van der Waals surface area contributed by atoms with E-state index in [2.05, 4.69) is 0 Å². The molecule has 0 aliphatic carbocycles. The van der Waals surface area contributed by atoms with Crippen molar-refractivity contribution in [1.29, 1.82) is 0 Å². The van der Waals surface area contributed by atoms with Crippen LogP contribution in [0.1, 0.15) is 20.7 Å². The van der Waals surface area contributed by atoms with Crippen molar-refractivity contribution in [2.75, 3.05) is 138 Å². The Morgan fingerprint density at radius 1 is 0.417 bits per heavy atom. The number of carbonyl (C=O) groups is 2. The number of ether oxygens (including phenoxy) is 10. The van der Waals surface area contributed by atoms with Crippen LogP contribution in [0.2, 0.25) is 0 Å². The van der Waals surface area contributed by atoms with Gasteiger partial charge in [-0.05, 0) is 36.4 Å². The molecule has 14 heteroatoms. The van der Waals surface area contributed by atoms with E-state index in [1.807, 2.05) is 12.1 Å². The van der Waals surface area contributed by atoms with Crippen LogP contribution in [0.15, 0.2) is 48.5 Å². The van der Waals surface area contributed by atoms with Gasteiger partial charge >= 0.3 is 0 Å². The van der Waals surface area contributed by atoms with Gasteiger partial charge in [0.15, 0.2) is 0 Å². The highest BCUT2D eigenvalue weighted by molar-refractivity contribution is 6.21. The summed E-state index contributed by atoms with van der Waals surface area (Å²) in [7, 11) is 0. The van der Waals surface area contributed by atoms with E-state index >= 15 is 0 Å². The van der Waals surface area contributed by atoms with Gasteiger partial charge in [-0.25, -0.2) is 0 Å². The molecule has 0 atom stereocenters. The molecule has 2 amide bonds. The maximum atomic E-state index is 12.3. The van der Waals surface area contributed by atoms with E-state index in [0.29, 0.717) is 136 Å². The highest BCUT2D eigenvalue weighted by Gasteiger charge is 2.34. The Hall–Kier alpha value is -3.18. The SMILES string of the molecule is Nc1ccc(OCCOCCOCCOCCOCCOCCOCCOCCOCCOCCN2C(=O)c3ccccc3C2=O)cc1. The van der Waals surface area contributed by atoms with E-state index in [1.165, 1.54) is 4.90 Å². The van der Waals surface area contributed by atoms with Crippen molar-refractivity contribution < 1.29 is 57.0 Å². The van der Waals surface area contributed by atoms with Crippen molar-refractivity contribution in [3.8, 4) is 5.75 Å². The number of anilines is 1. The Morgan fingerprint density at radius 3 is 1.08 bits per heavy atom. The Kier molecular flexibility index (Phi) is 21.1. The molecule has 0 radical (unpaired) electrons. The quantitative estimate of drug-likeness (QED) is 0.0704. The fourth-order valence-electron chi connectivity index (χ4n) is 4.24. The molecule has 1 heterocycles. The van der Waals surface area contributed by atoms with Crippen LogP contribution >= 0.6 is 0 Å². The second-order valence-corrected chi connectivity index (χ2v) is 10.2. The van der Waals surface area contributed by atoms with Crippen LogP contribution < -0.4 is 10.5 Å². The second-order valence-electron chi connectivity index (χ2n) is 10.2. The van der Waals surface area contributed by atoms with Crippen LogP contribution in [-0.4, -0.2) is 149 Å². The van der Waals surface area contributed by atoms with Gasteiger partial charge in [0.1, 0.15) is 12.4 Å². The van der Waals surface area contributed by atoms with Crippen molar-refractivity contribution in [3.63, 3.8) is 0 Å². The van der Waals surface area contributed by atoms with Gasteiger partial charge in [-0.2, -0.15) is 0 Å². The van der Waals surface area contributed by atoms with Crippen molar-refractivity contribution >= 4 is 17.5 Å². The third kappa shape index (κ3) is 16.8. The Labute approximate surface area is 282 Å². The summed E-state index contributed by atoms with van der Waals surface area (Å²) in [5.41, 5.74) is 7.23. The van der Waals surface area contributed by atoms with Gasteiger partial charge in [0, 0.05) is 5.69 Å². The van der Waals surface area contributed by atoms with Crippen molar-refractivity contribution in [3.05, 3.63) is 59.7 Å². The fraction of sp³-hybridized carbons (Fsp3) is 0.588. The van der Waals surface area contributed by atoms with Gasteiger partial charge in [0.2, 0.25) is 0 Å². The summed E-state index contributed by atoms with van der Waals surface area (Å²) >= 11 is 0. The van der Waals surface area contributed by atoms with Crippen LogP contribution in [0.25, 0.3) is 0 Å². The number of imide groups is 1. The molecular formula is C34H50N2O12. The maximum Gasteiger partial charge on any atom is 0.261 e. The Bertz CT molecular complexity index is 1100. The van der Waals surface area contributed by atoms with E-state index < -0.39 is 0 Å². The number of nitrogens with zero attached hydrogens (tertiary/aromatic N) is 1. The lowest BCUT2D eigenvalue weighted by Crippen LogP contribution is -2.33. The monoisotopic (exact) mass is 678 g/mol. The summed E-state index contributed by atoms with van der Waals surface area (Å²) in [6.07, 6.45) is 0. The number of fused-ring (bicyclic) bond motifs is 1. The number of nitrogens with two attached hydrogens (primary N) is 1. The zero-order valence-electron chi connectivity index (χ0n) is 27.7. The number of rotatable bonds is 31. The van der Waals surface area contributed by atoms with E-state index in [9.17, 15) is 9.59 Å².